The Balaban J connectivity index is 0.000000258. The molecule has 0 saturated carbocycles. The number of nitrogen functional groups attached to an aromatic ring is 1. The molecular formula is C39H56N8O6. The number of anilines is 2. The first-order chi connectivity index (χ1) is 25.5. The molecule has 2 atom stereocenters. The summed E-state index contributed by atoms with van der Waals surface area (Å²) < 4.78 is 10.2. The second-order valence-electron chi connectivity index (χ2n) is 13.6. The maximum atomic E-state index is 12.6. The van der Waals surface area contributed by atoms with Crippen LogP contribution in [-0.2, 0) is 45.2 Å². The topological polar surface area (TPSA) is 169 Å². The maximum absolute atomic E-state index is 12.6. The molecule has 2 aliphatic rings. The van der Waals surface area contributed by atoms with Gasteiger partial charge in [0.2, 0.25) is 11.6 Å². The van der Waals surface area contributed by atoms with E-state index in [1.807, 2.05) is 26.0 Å². The number of benzene rings is 2. The largest absolute Gasteiger partial charge is 0.465 e. The molecule has 14 nitrogen and oxygen atoms in total. The van der Waals surface area contributed by atoms with Crippen molar-refractivity contribution in [3.8, 4) is 0 Å². The summed E-state index contributed by atoms with van der Waals surface area (Å²) in [4.78, 5) is 50.0. The van der Waals surface area contributed by atoms with Crippen LogP contribution in [0.4, 0.5) is 17.3 Å². The zero-order chi connectivity index (χ0) is 38.3. The van der Waals surface area contributed by atoms with Crippen molar-refractivity contribution in [1.82, 2.24) is 25.1 Å². The second kappa shape index (κ2) is 20.5. The van der Waals surface area contributed by atoms with Crippen molar-refractivity contribution >= 4 is 29.3 Å². The van der Waals surface area contributed by atoms with Gasteiger partial charge in [-0.15, -0.1) is 0 Å². The Labute approximate surface area is 313 Å². The first kappa shape index (κ1) is 41.1. The summed E-state index contributed by atoms with van der Waals surface area (Å²) in [5.74, 6) is -0.633. The fraction of sp³-hybridized carbons (Fsp3) is 0.538. The number of esters is 2. The molecule has 2 fully saturated rings. The van der Waals surface area contributed by atoms with Crippen LogP contribution in [0.15, 0.2) is 48.5 Å². The number of rotatable bonds is 16. The summed E-state index contributed by atoms with van der Waals surface area (Å²) in [5.41, 5.74) is 10.1. The fourth-order valence-electron chi connectivity index (χ4n) is 6.54. The number of hydrogen-bond donors (Lipinski definition) is 2. The summed E-state index contributed by atoms with van der Waals surface area (Å²) in [5, 5.41) is 15.0. The van der Waals surface area contributed by atoms with Crippen LogP contribution in [-0.4, -0.2) is 88.1 Å². The lowest BCUT2D eigenvalue weighted by molar-refractivity contribution is -0.383. The van der Waals surface area contributed by atoms with E-state index in [9.17, 15) is 19.7 Å². The standard InChI is InChI=1S/C22H30N6O4.C17H26N2O2/c1-4-32-22(29)15(2)27(21-19(28(30)31)20(23)24-16(3)25-21)14-18-9-7-8-17(12-18)13-26-10-5-6-11-26;1-3-21-17(20)14(2)18-12-15-6-8-16(9-7-15)13-19-10-4-5-11-19/h7-9,12,15H,4-6,10-11,13-14H2,1-3H3,(H2,23,24,25);6-9,14,18H,3-5,10-13H2,1-2H3. The molecule has 14 heteroatoms. The number of ether oxygens (including phenoxy) is 2. The smallest absolute Gasteiger partial charge is 0.353 e. The molecule has 1 aromatic heterocycles. The lowest BCUT2D eigenvalue weighted by atomic mass is 10.1. The van der Waals surface area contributed by atoms with Gasteiger partial charge in [-0.1, -0.05) is 48.5 Å². The minimum absolute atomic E-state index is 0.00509. The summed E-state index contributed by atoms with van der Waals surface area (Å²) in [6.07, 6.45) is 5.08. The molecule has 0 bridgehead atoms. The predicted octanol–water partition coefficient (Wildman–Crippen LogP) is 5.15. The first-order valence-electron chi connectivity index (χ1n) is 18.7. The molecule has 0 radical (unpaired) electrons. The second-order valence-corrected chi connectivity index (χ2v) is 13.6. The zero-order valence-corrected chi connectivity index (χ0v) is 31.9. The highest BCUT2D eigenvalue weighted by Gasteiger charge is 2.33. The number of nitro groups is 1. The molecule has 3 heterocycles. The Bertz CT molecular complexity index is 1640. The van der Waals surface area contributed by atoms with Gasteiger partial charge in [0.25, 0.3) is 0 Å². The summed E-state index contributed by atoms with van der Waals surface area (Å²) in [7, 11) is 0. The highest BCUT2D eigenvalue weighted by atomic mass is 16.6. The fourth-order valence-corrected chi connectivity index (χ4v) is 6.54. The average molecular weight is 733 g/mol. The van der Waals surface area contributed by atoms with E-state index in [0.29, 0.717) is 13.2 Å². The minimum Gasteiger partial charge on any atom is -0.465 e. The Morgan fingerprint density at radius 2 is 1.42 bits per heavy atom. The Kier molecular flexibility index (Phi) is 15.9. The Morgan fingerprint density at radius 1 is 0.868 bits per heavy atom. The first-order valence-corrected chi connectivity index (χ1v) is 18.7. The van der Waals surface area contributed by atoms with E-state index in [-0.39, 0.29) is 42.6 Å². The lowest BCUT2D eigenvalue weighted by Crippen LogP contribution is -2.41. The van der Waals surface area contributed by atoms with Gasteiger partial charge in [0.05, 0.1) is 18.1 Å². The van der Waals surface area contributed by atoms with Crippen LogP contribution < -0.4 is 16.0 Å². The summed E-state index contributed by atoms with van der Waals surface area (Å²) in [6.45, 7) is 16.7. The number of nitrogens with zero attached hydrogens (tertiary/aromatic N) is 6. The number of likely N-dealkylation sites (tertiary alicyclic amines) is 2. The van der Waals surface area contributed by atoms with Crippen molar-refractivity contribution in [2.75, 3.05) is 50.0 Å². The monoisotopic (exact) mass is 732 g/mol. The minimum atomic E-state index is -0.815. The van der Waals surface area contributed by atoms with Crippen LogP contribution in [0, 0.1) is 17.0 Å². The number of carbonyl (C=O) groups excluding carboxylic acids is 2. The van der Waals surface area contributed by atoms with E-state index in [2.05, 4.69) is 61.5 Å². The number of nitrogens with one attached hydrogen (secondary N) is 1. The van der Waals surface area contributed by atoms with Gasteiger partial charge in [-0.3, -0.25) is 24.7 Å². The molecule has 53 heavy (non-hydrogen) atoms. The van der Waals surface area contributed by atoms with Crippen molar-refractivity contribution < 1.29 is 24.0 Å². The molecule has 2 unspecified atom stereocenters. The van der Waals surface area contributed by atoms with Crippen LogP contribution >= 0.6 is 0 Å². The number of carbonyl (C=O) groups is 2. The molecular weight excluding hydrogens is 676 g/mol. The third kappa shape index (κ3) is 12.5. The molecule has 2 aliphatic heterocycles. The van der Waals surface area contributed by atoms with E-state index < -0.39 is 22.6 Å². The lowest BCUT2D eigenvalue weighted by Gasteiger charge is -2.29. The number of nitrogens with two attached hydrogens (primary N) is 1. The molecule has 3 aromatic rings. The molecule has 3 N–H and O–H groups in total. The van der Waals surface area contributed by atoms with Crippen LogP contribution in [0.2, 0.25) is 0 Å². The molecule has 0 aliphatic carbocycles. The number of hydrogen-bond acceptors (Lipinski definition) is 13. The zero-order valence-electron chi connectivity index (χ0n) is 31.9. The third-order valence-electron chi connectivity index (χ3n) is 9.38. The normalized spacial score (nSPS) is 15.6. The average Bonchev–Trinajstić information content (AvgIpc) is 3.85. The van der Waals surface area contributed by atoms with Gasteiger partial charge in [-0.05, 0) is 109 Å². The van der Waals surface area contributed by atoms with Crippen molar-refractivity contribution in [2.24, 2.45) is 0 Å². The van der Waals surface area contributed by atoms with Crippen molar-refractivity contribution in [1.29, 1.82) is 0 Å². The van der Waals surface area contributed by atoms with E-state index in [0.717, 1.165) is 37.3 Å². The third-order valence-corrected chi connectivity index (χ3v) is 9.38. The van der Waals surface area contributed by atoms with Gasteiger partial charge in [0, 0.05) is 26.2 Å². The van der Waals surface area contributed by atoms with Gasteiger partial charge in [-0.2, -0.15) is 0 Å². The number of aryl methyl sites for hydroxylation is 1. The number of aromatic nitrogens is 2. The van der Waals surface area contributed by atoms with Crippen molar-refractivity contribution in [3.05, 3.63) is 86.7 Å². The highest BCUT2D eigenvalue weighted by Crippen LogP contribution is 2.33. The van der Waals surface area contributed by atoms with E-state index in [1.54, 1.807) is 25.7 Å². The van der Waals surface area contributed by atoms with Crippen LogP contribution in [0.5, 0.6) is 0 Å². The van der Waals surface area contributed by atoms with E-state index in [4.69, 9.17) is 15.2 Å². The summed E-state index contributed by atoms with van der Waals surface area (Å²) >= 11 is 0. The van der Waals surface area contributed by atoms with Gasteiger partial charge in [0.15, 0.2) is 0 Å². The molecule has 2 saturated heterocycles. The van der Waals surface area contributed by atoms with E-state index in [1.165, 1.54) is 49.9 Å². The van der Waals surface area contributed by atoms with E-state index >= 15 is 0 Å². The highest BCUT2D eigenvalue weighted by molar-refractivity contribution is 5.81. The molecule has 5 rings (SSSR count). The van der Waals surface area contributed by atoms with Crippen LogP contribution in [0.25, 0.3) is 0 Å². The van der Waals surface area contributed by atoms with Crippen molar-refractivity contribution in [2.45, 2.75) is 98.6 Å². The van der Waals surface area contributed by atoms with Crippen LogP contribution in [0.3, 0.4) is 0 Å². The van der Waals surface area contributed by atoms with Crippen molar-refractivity contribution in [3.63, 3.8) is 0 Å². The quantitative estimate of drug-likeness (QED) is 0.113. The van der Waals surface area contributed by atoms with Gasteiger partial charge in [-0.25, -0.2) is 14.8 Å². The summed E-state index contributed by atoms with van der Waals surface area (Å²) in [6, 6.07) is 15.6. The van der Waals surface area contributed by atoms with Gasteiger partial charge in [0.1, 0.15) is 17.9 Å². The SMILES string of the molecule is CCOC(=O)C(C)N(Cc1cccc(CN2CCCC2)c1)c1nc(C)nc(N)c1[N+](=O)[O-].CCOC(=O)C(C)NCc1ccc(CN2CCCC2)cc1. The predicted molar refractivity (Wildman–Crippen MR) is 205 cm³/mol. The molecule has 0 spiro atoms. The van der Waals surface area contributed by atoms with Gasteiger partial charge >= 0.3 is 17.6 Å². The molecule has 2 aromatic carbocycles. The van der Waals surface area contributed by atoms with Gasteiger partial charge < -0.3 is 25.4 Å². The Hall–Kier alpha value is -4.66. The molecule has 0 amide bonds. The van der Waals surface area contributed by atoms with Crippen LogP contribution in [0.1, 0.15) is 81.5 Å². The maximum Gasteiger partial charge on any atom is 0.353 e. The Morgan fingerprint density at radius 3 is 2.00 bits per heavy atom. The molecule has 288 valence electrons.